The lowest BCUT2D eigenvalue weighted by Gasteiger charge is -2.28. The van der Waals surface area contributed by atoms with Crippen LogP contribution in [-0.2, 0) is 17.8 Å². The van der Waals surface area contributed by atoms with Gasteiger partial charge in [0.1, 0.15) is 5.60 Å². The number of pyridine rings is 2. The predicted octanol–water partition coefficient (Wildman–Crippen LogP) is 6.35. The van der Waals surface area contributed by atoms with Gasteiger partial charge in [0.15, 0.2) is 0 Å². The molecule has 0 unspecified atom stereocenters. The fraction of sp³-hybridized carbons (Fsp3) is 0.462. The largest absolute Gasteiger partial charge is 0.444 e. The Hall–Kier alpha value is -3.00. The lowest BCUT2D eigenvalue weighted by atomic mass is 9.76. The first-order valence-electron chi connectivity index (χ1n) is 12.0. The molecule has 3 aromatic rings. The summed E-state index contributed by atoms with van der Waals surface area (Å²) < 4.78 is 19.9. The van der Waals surface area contributed by atoms with Crippen molar-refractivity contribution in [3.05, 3.63) is 64.1 Å². The van der Waals surface area contributed by atoms with Crippen LogP contribution in [0.1, 0.15) is 80.8 Å². The van der Waals surface area contributed by atoms with Crippen LogP contribution in [0.2, 0.25) is 5.02 Å². The fourth-order valence-electron chi connectivity index (χ4n) is 5.18. The molecule has 0 aromatic carbocycles. The van der Waals surface area contributed by atoms with Gasteiger partial charge in [-0.15, -0.1) is 0 Å². The van der Waals surface area contributed by atoms with E-state index in [4.69, 9.17) is 21.4 Å². The number of ether oxygens (including phenoxy) is 1. The van der Waals surface area contributed by atoms with Gasteiger partial charge in [-0.2, -0.15) is 9.49 Å². The molecule has 0 bridgehead atoms. The van der Waals surface area contributed by atoms with Crippen molar-refractivity contribution in [1.82, 2.24) is 25.1 Å². The van der Waals surface area contributed by atoms with Gasteiger partial charge in [-0.1, -0.05) is 17.7 Å². The zero-order valence-corrected chi connectivity index (χ0v) is 20.9. The number of aromatic nitrogens is 4. The van der Waals surface area contributed by atoms with Crippen molar-refractivity contribution < 1.29 is 13.9 Å². The monoisotopic (exact) mass is 497 g/mol. The Morgan fingerprint density at radius 3 is 2.63 bits per heavy atom. The lowest BCUT2D eigenvalue weighted by Crippen LogP contribution is -2.35. The van der Waals surface area contributed by atoms with E-state index in [0.29, 0.717) is 23.7 Å². The number of nitrogens with zero attached hydrogens (tertiary/aromatic N) is 4. The van der Waals surface area contributed by atoms with Crippen molar-refractivity contribution in [2.45, 2.75) is 77.0 Å². The Kier molecular flexibility index (Phi) is 6.25. The maximum absolute atomic E-state index is 14.2. The van der Waals surface area contributed by atoms with Crippen molar-refractivity contribution in [3.63, 3.8) is 0 Å². The van der Waals surface area contributed by atoms with E-state index in [9.17, 15) is 9.18 Å². The minimum absolute atomic E-state index is 0.157. The lowest BCUT2D eigenvalue weighted by molar-refractivity contribution is 0.0216. The molecule has 0 saturated heterocycles. The van der Waals surface area contributed by atoms with Crippen molar-refractivity contribution in [2.75, 3.05) is 0 Å². The van der Waals surface area contributed by atoms with Crippen molar-refractivity contribution in [3.8, 4) is 11.3 Å². The van der Waals surface area contributed by atoms with Gasteiger partial charge < -0.3 is 4.74 Å². The average molecular weight is 498 g/mol. The van der Waals surface area contributed by atoms with Crippen LogP contribution < -0.4 is 0 Å². The summed E-state index contributed by atoms with van der Waals surface area (Å²) in [6.45, 7) is 6.22. The number of nitrogens with one attached hydrogen (secondary N) is 1. The zero-order valence-electron chi connectivity index (χ0n) is 20.1. The standard InChI is InChI=1S/C26H29ClFN5O2/c1-26(2,3)35-25(34)33-13-17-11-18(27)12-30-22(17)21-20(14-33)31-32-23(21)16-8-6-15(7-9-16)19-5-4-10-29-24(19)28/h4-5,10-12,15-16H,6-9,13-14H2,1-3H3,(H,31,32). The molecule has 2 aliphatic rings. The van der Waals surface area contributed by atoms with E-state index in [1.807, 2.05) is 32.9 Å². The molecule has 4 heterocycles. The average Bonchev–Trinajstić information content (AvgIpc) is 3.14. The molecule has 0 spiro atoms. The van der Waals surface area contributed by atoms with E-state index >= 15 is 0 Å². The molecule has 7 nitrogen and oxygen atoms in total. The summed E-state index contributed by atoms with van der Waals surface area (Å²) in [6.07, 6.45) is 6.21. The van der Waals surface area contributed by atoms with Gasteiger partial charge in [-0.05, 0) is 70.1 Å². The number of hydrogen-bond donors (Lipinski definition) is 1. The van der Waals surface area contributed by atoms with Crippen LogP contribution in [0.3, 0.4) is 0 Å². The molecule has 1 N–H and O–H groups in total. The third-order valence-corrected chi connectivity index (χ3v) is 6.95. The molecule has 1 aliphatic carbocycles. The number of carbonyl (C=O) groups excluding carboxylic acids is 1. The first-order chi connectivity index (χ1) is 16.7. The second kappa shape index (κ2) is 9.22. The molecule has 1 fully saturated rings. The van der Waals surface area contributed by atoms with Crippen molar-refractivity contribution in [1.29, 1.82) is 0 Å². The number of H-pyrrole nitrogens is 1. The first-order valence-corrected chi connectivity index (χ1v) is 12.4. The third kappa shape index (κ3) is 4.89. The summed E-state index contributed by atoms with van der Waals surface area (Å²) in [5.74, 6) is -0.00409. The molecule has 0 radical (unpaired) electrons. The second-order valence-electron chi connectivity index (χ2n) is 10.4. The van der Waals surface area contributed by atoms with E-state index in [1.54, 1.807) is 17.2 Å². The number of halogens is 2. The SMILES string of the molecule is CC(C)(C)OC(=O)N1Cc2cc(Cl)cnc2-c2c(C3CCC(c4cccnc4F)CC3)n[nH]c2C1. The van der Waals surface area contributed by atoms with Gasteiger partial charge >= 0.3 is 6.09 Å². The van der Waals surface area contributed by atoms with Gasteiger partial charge in [0, 0.05) is 29.4 Å². The van der Waals surface area contributed by atoms with Gasteiger partial charge in [0.2, 0.25) is 5.95 Å². The molecule has 35 heavy (non-hydrogen) atoms. The molecule has 1 aliphatic heterocycles. The highest BCUT2D eigenvalue weighted by Crippen LogP contribution is 2.45. The molecule has 1 amide bonds. The van der Waals surface area contributed by atoms with Gasteiger partial charge in [0.25, 0.3) is 0 Å². The number of hydrogen-bond acceptors (Lipinski definition) is 5. The summed E-state index contributed by atoms with van der Waals surface area (Å²) in [5.41, 5.74) is 4.47. The van der Waals surface area contributed by atoms with Gasteiger partial charge in [-0.3, -0.25) is 15.0 Å². The number of aromatic amines is 1. The topological polar surface area (TPSA) is 84.0 Å². The smallest absolute Gasteiger partial charge is 0.410 e. The Morgan fingerprint density at radius 1 is 1.17 bits per heavy atom. The normalized spacial score (nSPS) is 20.1. The van der Waals surface area contributed by atoms with E-state index < -0.39 is 11.7 Å². The highest BCUT2D eigenvalue weighted by molar-refractivity contribution is 6.30. The number of fused-ring (bicyclic) bond motifs is 3. The van der Waals surface area contributed by atoms with Crippen molar-refractivity contribution in [2.24, 2.45) is 0 Å². The minimum Gasteiger partial charge on any atom is -0.444 e. The molecule has 184 valence electrons. The molecule has 9 heteroatoms. The first kappa shape index (κ1) is 23.7. The highest BCUT2D eigenvalue weighted by atomic mass is 35.5. The molecule has 5 rings (SSSR count). The summed E-state index contributed by atoms with van der Waals surface area (Å²) in [6, 6.07) is 5.49. The van der Waals surface area contributed by atoms with Gasteiger partial charge in [-0.25, -0.2) is 9.78 Å². The van der Waals surface area contributed by atoms with E-state index in [2.05, 4.69) is 15.1 Å². The quantitative estimate of drug-likeness (QED) is 0.417. The van der Waals surface area contributed by atoms with Crippen molar-refractivity contribution >= 4 is 17.7 Å². The number of amides is 1. The summed E-state index contributed by atoms with van der Waals surface area (Å²) in [5, 5.41) is 8.40. The van der Waals surface area contributed by atoms with E-state index in [-0.39, 0.29) is 17.8 Å². The number of rotatable bonds is 2. The molecular formula is C26H29ClFN5O2. The maximum atomic E-state index is 14.2. The Balaban J connectivity index is 1.44. The van der Waals surface area contributed by atoms with Crippen LogP contribution in [0.25, 0.3) is 11.3 Å². The van der Waals surface area contributed by atoms with Gasteiger partial charge in [0.05, 0.1) is 35.2 Å². The van der Waals surface area contributed by atoms with E-state index in [0.717, 1.165) is 53.9 Å². The Labute approximate surface area is 209 Å². The van der Waals surface area contributed by atoms with Crippen LogP contribution in [0.4, 0.5) is 9.18 Å². The summed E-state index contributed by atoms with van der Waals surface area (Å²) in [4.78, 5) is 23.1. The predicted molar refractivity (Wildman–Crippen MR) is 130 cm³/mol. The van der Waals surface area contributed by atoms with E-state index in [1.165, 1.54) is 6.20 Å². The second-order valence-corrected chi connectivity index (χ2v) is 10.8. The molecular weight excluding hydrogens is 469 g/mol. The third-order valence-electron chi connectivity index (χ3n) is 6.74. The molecule has 1 saturated carbocycles. The minimum atomic E-state index is -0.604. The Bertz CT molecular complexity index is 1250. The molecule has 0 atom stereocenters. The van der Waals surface area contributed by atoms with Crippen LogP contribution in [0.5, 0.6) is 0 Å². The number of carbonyl (C=O) groups is 1. The Morgan fingerprint density at radius 2 is 1.91 bits per heavy atom. The van der Waals surface area contributed by atoms with Crippen LogP contribution in [0, 0.1) is 5.95 Å². The van der Waals surface area contributed by atoms with Crippen LogP contribution in [0.15, 0.2) is 30.6 Å². The van der Waals surface area contributed by atoms with Crippen LogP contribution >= 0.6 is 11.6 Å². The fourth-order valence-corrected chi connectivity index (χ4v) is 5.36. The van der Waals surface area contributed by atoms with Crippen LogP contribution in [-0.4, -0.2) is 36.8 Å². The summed E-state index contributed by atoms with van der Waals surface area (Å²) in [7, 11) is 0. The zero-order chi connectivity index (χ0) is 24.7. The highest BCUT2D eigenvalue weighted by Gasteiger charge is 2.34. The maximum Gasteiger partial charge on any atom is 0.410 e. The molecule has 3 aromatic heterocycles. The summed E-state index contributed by atoms with van der Waals surface area (Å²) >= 11 is 6.28.